The SMILES string of the molecule is CCC(CCO)NCCS(C)(=O)=O. The normalized spacial score (nSPS) is 14.4. The summed E-state index contributed by atoms with van der Waals surface area (Å²) in [6.07, 6.45) is 2.81. The second-order valence-corrected chi connectivity index (χ2v) is 5.46. The molecule has 0 saturated heterocycles. The zero-order valence-electron chi connectivity index (χ0n) is 8.28. The van der Waals surface area contributed by atoms with Crippen LogP contribution in [0.1, 0.15) is 19.8 Å². The lowest BCUT2D eigenvalue weighted by Gasteiger charge is -2.14. The molecule has 0 aromatic heterocycles. The van der Waals surface area contributed by atoms with E-state index < -0.39 is 9.84 Å². The van der Waals surface area contributed by atoms with Gasteiger partial charge in [-0.05, 0) is 12.8 Å². The van der Waals surface area contributed by atoms with Gasteiger partial charge < -0.3 is 10.4 Å². The van der Waals surface area contributed by atoms with Gasteiger partial charge in [-0.3, -0.25) is 0 Å². The van der Waals surface area contributed by atoms with Crippen molar-refractivity contribution in [3.8, 4) is 0 Å². The summed E-state index contributed by atoms with van der Waals surface area (Å²) in [4.78, 5) is 0. The zero-order chi connectivity index (χ0) is 10.3. The number of nitrogens with one attached hydrogen (secondary N) is 1. The van der Waals surface area contributed by atoms with Gasteiger partial charge in [-0.1, -0.05) is 6.92 Å². The molecule has 0 fully saturated rings. The van der Waals surface area contributed by atoms with Crippen LogP contribution < -0.4 is 5.32 Å². The van der Waals surface area contributed by atoms with Crippen molar-refractivity contribution >= 4 is 9.84 Å². The van der Waals surface area contributed by atoms with Gasteiger partial charge in [-0.25, -0.2) is 8.42 Å². The summed E-state index contributed by atoms with van der Waals surface area (Å²) >= 11 is 0. The minimum atomic E-state index is -2.87. The molecule has 0 heterocycles. The number of rotatable bonds is 7. The highest BCUT2D eigenvalue weighted by molar-refractivity contribution is 7.90. The lowest BCUT2D eigenvalue weighted by Crippen LogP contribution is -2.33. The van der Waals surface area contributed by atoms with E-state index in [0.717, 1.165) is 6.42 Å². The van der Waals surface area contributed by atoms with Crippen molar-refractivity contribution in [3.05, 3.63) is 0 Å². The predicted molar refractivity (Wildman–Crippen MR) is 53.5 cm³/mol. The van der Waals surface area contributed by atoms with Crippen LogP contribution in [0.5, 0.6) is 0 Å². The van der Waals surface area contributed by atoms with Gasteiger partial charge >= 0.3 is 0 Å². The molecule has 0 spiro atoms. The van der Waals surface area contributed by atoms with Crippen LogP contribution in [0.15, 0.2) is 0 Å². The maximum Gasteiger partial charge on any atom is 0.148 e. The number of hydrogen-bond donors (Lipinski definition) is 2. The van der Waals surface area contributed by atoms with Crippen LogP contribution in [-0.4, -0.2) is 44.7 Å². The smallest absolute Gasteiger partial charge is 0.148 e. The molecule has 0 saturated carbocycles. The summed E-state index contributed by atoms with van der Waals surface area (Å²) in [5.74, 6) is 0.162. The highest BCUT2D eigenvalue weighted by Crippen LogP contribution is 1.95. The molecule has 0 aliphatic rings. The Labute approximate surface area is 80.3 Å². The third-order valence-electron chi connectivity index (χ3n) is 1.88. The van der Waals surface area contributed by atoms with Gasteiger partial charge in [0.2, 0.25) is 0 Å². The molecule has 2 N–H and O–H groups in total. The average Bonchev–Trinajstić information content (AvgIpc) is 2.01. The average molecular weight is 209 g/mol. The van der Waals surface area contributed by atoms with Gasteiger partial charge in [0.15, 0.2) is 0 Å². The lowest BCUT2D eigenvalue weighted by molar-refractivity contribution is 0.263. The molecule has 1 atom stereocenters. The molecule has 0 aliphatic carbocycles. The summed E-state index contributed by atoms with van der Waals surface area (Å²) < 4.78 is 21.5. The van der Waals surface area contributed by atoms with Crippen LogP contribution in [0.2, 0.25) is 0 Å². The largest absolute Gasteiger partial charge is 0.396 e. The maximum atomic E-state index is 10.8. The van der Waals surface area contributed by atoms with Gasteiger partial charge in [0.1, 0.15) is 9.84 Å². The minimum absolute atomic E-state index is 0.143. The Morgan fingerprint density at radius 2 is 2.08 bits per heavy atom. The van der Waals surface area contributed by atoms with Crippen LogP contribution in [0.4, 0.5) is 0 Å². The van der Waals surface area contributed by atoms with Gasteiger partial charge in [0, 0.05) is 25.4 Å². The fourth-order valence-electron chi connectivity index (χ4n) is 1.05. The molecule has 0 aromatic rings. The van der Waals surface area contributed by atoms with E-state index in [1.54, 1.807) is 0 Å². The first-order chi connectivity index (χ1) is 5.99. The van der Waals surface area contributed by atoms with Crippen molar-refractivity contribution in [2.75, 3.05) is 25.2 Å². The first-order valence-electron chi connectivity index (χ1n) is 4.51. The van der Waals surface area contributed by atoms with E-state index in [2.05, 4.69) is 5.32 Å². The summed E-state index contributed by atoms with van der Waals surface area (Å²) in [6, 6.07) is 0.228. The van der Waals surface area contributed by atoms with Crippen LogP contribution in [-0.2, 0) is 9.84 Å². The molecule has 0 radical (unpaired) electrons. The molecule has 5 heteroatoms. The van der Waals surface area contributed by atoms with E-state index in [9.17, 15) is 8.42 Å². The van der Waals surface area contributed by atoms with Gasteiger partial charge in [0.05, 0.1) is 5.75 Å². The Morgan fingerprint density at radius 1 is 1.46 bits per heavy atom. The van der Waals surface area contributed by atoms with Gasteiger partial charge in [0.25, 0.3) is 0 Å². The predicted octanol–water partition coefficient (Wildman–Crippen LogP) is -0.218. The maximum absolute atomic E-state index is 10.8. The van der Waals surface area contributed by atoms with E-state index in [-0.39, 0.29) is 18.4 Å². The Kier molecular flexibility index (Phi) is 6.28. The number of hydrogen-bond acceptors (Lipinski definition) is 4. The molecule has 0 rings (SSSR count). The van der Waals surface area contributed by atoms with Crippen molar-refractivity contribution < 1.29 is 13.5 Å². The highest BCUT2D eigenvalue weighted by atomic mass is 32.2. The topological polar surface area (TPSA) is 66.4 Å². The highest BCUT2D eigenvalue weighted by Gasteiger charge is 2.06. The monoisotopic (exact) mass is 209 g/mol. The van der Waals surface area contributed by atoms with Gasteiger partial charge in [-0.2, -0.15) is 0 Å². The van der Waals surface area contributed by atoms with E-state index >= 15 is 0 Å². The Morgan fingerprint density at radius 3 is 2.46 bits per heavy atom. The second-order valence-electron chi connectivity index (χ2n) is 3.20. The van der Waals surface area contributed by atoms with Crippen molar-refractivity contribution in [1.29, 1.82) is 0 Å². The zero-order valence-corrected chi connectivity index (χ0v) is 9.10. The van der Waals surface area contributed by atoms with Crippen molar-refractivity contribution in [2.24, 2.45) is 0 Å². The standard InChI is InChI=1S/C8H19NO3S/c1-3-8(4-6-10)9-5-7-13(2,11)12/h8-10H,3-7H2,1-2H3. The summed E-state index contributed by atoms with van der Waals surface area (Å²) in [5.41, 5.74) is 0. The minimum Gasteiger partial charge on any atom is -0.396 e. The van der Waals surface area contributed by atoms with Crippen molar-refractivity contribution in [1.82, 2.24) is 5.32 Å². The summed E-state index contributed by atoms with van der Waals surface area (Å²) in [6.45, 7) is 2.62. The Hall–Kier alpha value is -0.130. The second kappa shape index (κ2) is 6.34. The third kappa shape index (κ3) is 8.21. The van der Waals surface area contributed by atoms with Crippen LogP contribution in [0.25, 0.3) is 0 Å². The number of aliphatic hydroxyl groups is 1. The van der Waals surface area contributed by atoms with Crippen molar-refractivity contribution in [2.45, 2.75) is 25.8 Å². The quantitative estimate of drug-likeness (QED) is 0.608. The molecular formula is C8H19NO3S. The van der Waals surface area contributed by atoms with Crippen molar-refractivity contribution in [3.63, 3.8) is 0 Å². The number of sulfone groups is 1. The lowest BCUT2D eigenvalue weighted by atomic mass is 10.1. The Balaban J connectivity index is 3.61. The van der Waals surface area contributed by atoms with E-state index in [0.29, 0.717) is 13.0 Å². The molecule has 0 amide bonds. The summed E-state index contributed by atoms with van der Waals surface area (Å²) in [7, 11) is -2.87. The van der Waals surface area contributed by atoms with E-state index in [1.807, 2.05) is 6.92 Å². The molecular weight excluding hydrogens is 190 g/mol. The fourth-order valence-corrected chi connectivity index (χ4v) is 1.54. The van der Waals surface area contributed by atoms with Crippen LogP contribution in [0.3, 0.4) is 0 Å². The molecule has 13 heavy (non-hydrogen) atoms. The molecule has 1 unspecified atom stereocenters. The van der Waals surface area contributed by atoms with E-state index in [1.165, 1.54) is 6.26 Å². The van der Waals surface area contributed by atoms with Crippen LogP contribution in [0, 0.1) is 0 Å². The first kappa shape index (κ1) is 12.9. The fraction of sp³-hybridized carbons (Fsp3) is 1.00. The first-order valence-corrected chi connectivity index (χ1v) is 6.57. The molecule has 0 aromatic carbocycles. The van der Waals surface area contributed by atoms with E-state index in [4.69, 9.17) is 5.11 Å². The molecule has 0 bridgehead atoms. The van der Waals surface area contributed by atoms with Crippen LogP contribution >= 0.6 is 0 Å². The Bertz CT molecular complexity index is 213. The number of aliphatic hydroxyl groups excluding tert-OH is 1. The molecule has 0 aliphatic heterocycles. The molecule has 80 valence electrons. The summed E-state index contributed by atoms with van der Waals surface area (Å²) in [5, 5.41) is 11.8. The van der Waals surface area contributed by atoms with Gasteiger partial charge in [-0.15, -0.1) is 0 Å². The molecule has 4 nitrogen and oxygen atoms in total. The third-order valence-corrected chi connectivity index (χ3v) is 2.82.